The number of alkyl carbamates (subject to hydrolysis) is 1. The van der Waals surface area contributed by atoms with E-state index in [4.69, 9.17) is 18.9 Å². The molecule has 1 amide bonds. The van der Waals surface area contributed by atoms with Crippen LogP contribution >= 0.6 is 0 Å². The Kier molecular flexibility index (Phi) is 8.04. The largest absolute Gasteiger partial charge is 0.493 e. The van der Waals surface area contributed by atoms with Crippen LogP contribution in [0.5, 0.6) is 11.5 Å². The summed E-state index contributed by atoms with van der Waals surface area (Å²) in [6, 6.07) is 5.50. The average molecular weight is 353 g/mol. The van der Waals surface area contributed by atoms with Crippen molar-refractivity contribution in [1.29, 1.82) is 0 Å². The van der Waals surface area contributed by atoms with Gasteiger partial charge in [-0.25, -0.2) is 4.79 Å². The minimum Gasteiger partial charge on any atom is -0.493 e. The zero-order chi connectivity index (χ0) is 18.9. The van der Waals surface area contributed by atoms with Crippen LogP contribution in [0, 0.1) is 0 Å². The Morgan fingerprint density at radius 3 is 2.36 bits per heavy atom. The first kappa shape index (κ1) is 20.6. The molecular weight excluding hydrogens is 326 g/mol. The number of ether oxygens (including phenoxy) is 4. The highest BCUT2D eigenvalue weighted by molar-refractivity contribution is 5.70. The van der Waals surface area contributed by atoms with Crippen molar-refractivity contribution in [2.45, 2.75) is 39.2 Å². The maximum Gasteiger partial charge on any atom is 0.407 e. The van der Waals surface area contributed by atoms with Gasteiger partial charge in [0.2, 0.25) is 0 Å². The summed E-state index contributed by atoms with van der Waals surface area (Å²) in [6.45, 7) is 5.64. The van der Waals surface area contributed by atoms with Gasteiger partial charge in [-0.2, -0.15) is 0 Å². The van der Waals surface area contributed by atoms with Gasteiger partial charge in [0.1, 0.15) is 12.2 Å². The van der Waals surface area contributed by atoms with Crippen molar-refractivity contribution >= 4 is 12.1 Å². The minimum atomic E-state index is -0.555. The molecule has 0 aromatic heterocycles. The highest BCUT2D eigenvalue weighted by Gasteiger charge is 2.15. The molecule has 0 atom stereocenters. The second kappa shape index (κ2) is 9.76. The zero-order valence-electron chi connectivity index (χ0n) is 15.5. The Morgan fingerprint density at radius 2 is 1.76 bits per heavy atom. The molecule has 0 radical (unpaired) electrons. The number of amides is 1. The number of methoxy groups -OCH3 is 2. The lowest BCUT2D eigenvalue weighted by Gasteiger charge is -2.19. The fraction of sp³-hybridized carbons (Fsp3) is 0.556. The summed E-state index contributed by atoms with van der Waals surface area (Å²) in [5.74, 6) is 0.928. The molecule has 1 rings (SSSR count). The fourth-order valence-electron chi connectivity index (χ4n) is 1.99. The van der Waals surface area contributed by atoms with Gasteiger partial charge in [-0.15, -0.1) is 0 Å². The van der Waals surface area contributed by atoms with E-state index in [0.717, 1.165) is 5.56 Å². The monoisotopic (exact) mass is 353 g/mol. The maximum absolute atomic E-state index is 11.7. The van der Waals surface area contributed by atoms with Crippen molar-refractivity contribution in [3.8, 4) is 11.5 Å². The predicted molar refractivity (Wildman–Crippen MR) is 93.1 cm³/mol. The molecular formula is C18H27NO6. The molecule has 0 spiro atoms. The third-order valence-corrected chi connectivity index (χ3v) is 3.10. The number of hydrogen-bond acceptors (Lipinski definition) is 6. The van der Waals surface area contributed by atoms with Crippen LogP contribution in [-0.2, 0) is 20.7 Å². The standard InChI is InChI=1S/C18H27NO6/c1-18(2,3)25-17(21)19-10-11-24-16(20)9-7-13-6-8-14(22-4)15(12-13)23-5/h6,8,12H,7,9-11H2,1-5H3,(H,19,21). The Labute approximate surface area is 148 Å². The van der Waals surface area contributed by atoms with Crippen LogP contribution in [0.1, 0.15) is 32.8 Å². The summed E-state index contributed by atoms with van der Waals surface area (Å²) in [6.07, 6.45) is 0.231. The zero-order valence-corrected chi connectivity index (χ0v) is 15.5. The maximum atomic E-state index is 11.7. The van der Waals surface area contributed by atoms with Gasteiger partial charge < -0.3 is 24.3 Å². The van der Waals surface area contributed by atoms with Crippen LogP contribution in [-0.4, -0.2) is 45.0 Å². The third kappa shape index (κ3) is 8.28. The van der Waals surface area contributed by atoms with Crippen molar-refractivity contribution < 1.29 is 28.5 Å². The fourth-order valence-corrected chi connectivity index (χ4v) is 1.99. The quantitative estimate of drug-likeness (QED) is 0.571. The van der Waals surface area contributed by atoms with Crippen molar-refractivity contribution in [1.82, 2.24) is 5.32 Å². The molecule has 7 nitrogen and oxygen atoms in total. The van der Waals surface area contributed by atoms with E-state index in [-0.39, 0.29) is 25.5 Å². The van der Waals surface area contributed by atoms with Crippen LogP contribution in [0.3, 0.4) is 0 Å². The first-order valence-corrected chi connectivity index (χ1v) is 8.08. The van der Waals surface area contributed by atoms with Crippen molar-refractivity contribution in [3.05, 3.63) is 23.8 Å². The molecule has 0 heterocycles. The van der Waals surface area contributed by atoms with Gasteiger partial charge >= 0.3 is 12.1 Å². The minimum absolute atomic E-state index is 0.101. The number of hydrogen-bond donors (Lipinski definition) is 1. The first-order valence-electron chi connectivity index (χ1n) is 8.08. The summed E-state index contributed by atoms with van der Waals surface area (Å²) in [4.78, 5) is 23.2. The lowest BCUT2D eigenvalue weighted by Crippen LogP contribution is -2.34. The summed E-state index contributed by atoms with van der Waals surface area (Å²) in [7, 11) is 3.13. The Morgan fingerprint density at radius 1 is 1.08 bits per heavy atom. The molecule has 0 aliphatic heterocycles. The first-order chi connectivity index (χ1) is 11.7. The highest BCUT2D eigenvalue weighted by Crippen LogP contribution is 2.27. The van der Waals surface area contributed by atoms with Gasteiger partial charge in [0, 0.05) is 6.42 Å². The van der Waals surface area contributed by atoms with E-state index in [2.05, 4.69) is 5.32 Å². The SMILES string of the molecule is COc1ccc(CCC(=O)OCCNC(=O)OC(C)(C)C)cc1OC. The van der Waals surface area contributed by atoms with Crippen molar-refractivity contribution in [2.75, 3.05) is 27.4 Å². The van der Waals surface area contributed by atoms with Gasteiger partial charge in [0.15, 0.2) is 11.5 Å². The van der Waals surface area contributed by atoms with Crippen LogP contribution in [0.15, 0.2) is 18.2 Å². The summed E-state index contributed by atoms with van der Waals surface area (Å²) < 4.78 is 20.6. The molecule has 0 aliphatic carbocycles. The van der Waals surface area contributed by atoms with E-state index >= 15 is 0 Å². The molecule has 25 heavy (non-hydrogen) atoms. The van der Waals surface area contributed by atoms with E-state index < -0.39 is 11.7 Å². The number of nitrogens with one attached hydrogen (secondary N) is 1. The summed E-state index contributed by atoms with van der Waals surface area (Å²) >= 11 is 0. The van der Waals surface area contributed by atoms with E-state index in [9.17, 15) is 9.59 Å². The molecule has 140 valence electrons. The Bertz CT molecular complexity index is 579. The summed E-state index contributed by atoms with van der Waals surface area (Å²) in [5.41, 5.74) is 0.390. The smallest absolute Gasteiger partial charge is 0.407 e. The topological polar surface area (TPSA) is 83.1 Å². The van der Waals surface area contributed by atoms with Crippen LogP contribution in [0.4, 0.5) is 4.79 Å². The molecule has 0 saturated carbocycles. The van der Waals surface area contributed by atoms with Gasteiger partial charge in [0.05, 0.1) is 20.8 Å². The Hall–Kier alpha value is -2.44. The van der Waals surface area contributed by atoms with Gasteiger partial charge in [-0.3, -0.25) is 4.79 Å². The lowest BCUT2D eigenvalue weighted by atomic mass is 10.1. The number of carbonyl (C=O) groups excluding carboxylic acids is 2. The normalized spacial score (nSPS) is 10.8. The van der Waals surface area contributed by atoms with Crippen molar-refractivity contribution in [2.24, 2.45) is 0 Å². The van der Waals surface area contributed by atoms with Crippen LogP contribution in [0.25, 0.3) is 0 Å². The van der Waals surface area contributed by atoms with E-state index in [1.807, 2.05) is 12.1 Å². The number of benzene rings is 1. The molecule has 1 aromatic carbocycles. The van der Waals surface area contributed by atoms with Gasteiger partial charge in [0.25, 0.3) is 0 Å². The molecule has 1 aromatic rings. The van der Waals surface area contributed by atoms with E-state index in [0.29, 0.717) is 17.9 Å². The second-order valence-corrected chi connectivity index (χ2v) is 6.34. The molecule has 1 N–H and O–H groups in total. The lowest BCUT2D eigenvalue weighted by molar-refractivity contribution is -0.143. The molecule has 0 saturated heterocycles. The van der Waals surface area contributed by atoms with Crippen LogP contribution < -0.4 is 14.8 Å². The molecule has 0 fully saturated rings. The number of aryl methyl sites for hydroxylation is 1. The predicted octanol–water partition coefficient (Wildman–Crippen LogP) is 2.70. The molecule has 0 unspecified atom stereocenters. The van der Waals surface area contributed by atoms with E-state index in [1.54, 1.807) is 41.1 Å². The second-order valence-electron chi connectivity index (χ2n) is 6.34. The van der Waals surface area contributed by atoms with Gasteiger partial charge in [-0.1, -0.05) is 6.07 Å². The van der Waals surface area contributed by atoms with E-state index in [1.165, 1.54) is 0 Å². The number of esters is 1. The third-order valence-electron chi connectivity index (χ3n) is 3.10. The number of carbonyl (C=O) groups is 2. The number of rotatable bonds is 8. The molecule has 0 bridgehead atoms. The highest BCUT2D eigenvalue weighted by atomic mass is 16.6. The molecule has 7 heteroatoms. The molecule has 0 aliphatic rings. The van der Waals surface area contributed by atoms with Crippen LogP contribution in [0.2, 0.25) is 0 Å². The van der Waals surface area contributed by atoms with Gasteiger partial charge in [-0.05, 0) is 44.9 Å². The summed E-state index contributed by atoms with van der Waals surface area (Å²) in [5, 5.41) is 2.53. The average Bonchev–Trinajstić information content (AvgIpc) is 2.55. The van der Waals surface area contributed by atoms with Crippen molar-refractivity contribution in [3.63, 3.8) is 0 Å². The Balaban J connectivity index is 2.28.